The number of halogens is 1. The van der Waals surface area contributed by atoms with Crippen molar-refractivity contribution < 1.29 is 9.53 Å². The van der Waals surface area contributed by atoms with Crippen molar-refractivity contribution >= 4 is 28.9 Å². The molecule has 0 atom stereocenters. The van der Waals surface area contributed by atoms with Crippen LogP contribution in [0.1, 0.15) is 10.4 Å². The van der Waals surface area contributed by atoms with E-state index in [-0.39, 0.29) is 0 Å². The number of nitrogens with zero attached hydrogens (tertiary/aromatic N) is 1. The molecule has 0 spiro atoms. The molecule has 0 unspecified atom stereocenters. The van der Waals surface area contributed by atoms with Gasteiger partial charge in [-0.25, -0.2) is 4.98 Å². The number of carbonyl (C=O) groups is 1. The first-order valence-corrected chi connectivity index (χ1v) is 4.00. The normalized spacial score (nSPS) is 9.27. The summed E-state index contributed by atoms with van der Waals surface area (Å²) in [6.07, 6.45) is 2.38. The molecule has 0 amide bonds. The Labute approximate surface area is 77.9 Å². The topological polar surface area (TPSA) is 39.2 Å². The Morgan fingerprint density at radius 3 is 3.00 bits per heavy atom. The van der Waals surface area contributed by atoms with Crippen LogP contribution in [0.2, 0.25) is 0 Å². The number of ether oxygens (including phenoxy) is 1. The Bertz CT molecular complexity index is 275. The van der Waals surface area contributed by atoms with Crippen LogP contribution < -0.4 is 4.74 Å². The average Bonchev–Trinajstić information content (AvgIpc) is 2.04. The zero-order chi connectivity index (χ0) is 8.27. The van der Waals surface area contributed by atoms with Crippen molar-refractivity contribution in [1.29, 1.82) is 0 Å². The standard InChI is InChI=1S/C7H6INO2/c1-11-7-5(4-10)2-6(8)3-9-7/h2-4H,1H3. The fourth-order valence-corrected chi connectivity index (χ4v) is 1.17. The van der Waals surface area contributed by atoms with Gasteiger partial charge in [0.15, 0.2) is 6.29 Å². The van der Waals surface area contributed by atoms with Crippen LogP contribution >= 0.6 is 22.6 Å². The number of hydrogen-bond donors (Lipinski definition) is 0. The van der Waals surface area contributed by atoms with Crippen molar-refractivity contribution in [2.75, 3.05) is 7.11 Å². The van der Waals surface area contributed by atoms with Crippen LogP contribution in [0, 0.1) is 3.57 Å². The Morgan fingerprint density at radius 2 is 2.45 bits per heavy atom. The van der Waals surface area contributed by atoms with E-state index in [9.17, 15) is 4.79 Å². The quantitative estimate of drug-likeness (QED) is 0.599. The number of aldehydes is 1. The van der Waals surface area contributed by atoms with Crippen LogP contribution in [0.5, 0.6) is 5.88 Å². The molecule has 58 valence electrons. The molecule has 0 N–H and O–H groups in total. The van der Waals surface area contributed by atoms with Gasteiger partial charge in [0.1, 0.15) is 0 Å². The van der Waals surface area contributed by atoms with Crippen LogP contribution in [0.25, 0.3) is 0 Å². The maximum atomic E-state index is 10.4. The van der Waals surface area contributed by atoms with Crippen molar-refractivity contribution in [3.8, 4) is 5.88 Å². The summed E-state index contributed by atoms with van der Waals surface area (Å²) in [6.45, 7) is 0. The molecule has 0 aromatic carbocycles. The third kappa shape index (κ3) is 1.89. The van der Waals surface area contributed by atoms with Gasteiger partial charge in [-0.2, -0.15) is 0 Å². The highest BCUT2D eigenvalue weighted by molar-refractivity contribution is 14.1. The van der Waals surface area contributed by atoms with E-state index in [1.165, 1.54) is 7.11 Å². The summed E-state index contributed by atoms with van der Waals surface area (Å²) in [6, 6.07) is 1.72. The largest absolute Gasteiger partial charge is 0.480 e. The number of rotatable bonds is 2. The predicted octanol–water partition coefficient (Wildman–Crippen LogP) is 1.51. The molecule has 0 aliphatic rings. The molecule has 1 aromatic rings. The zero-order valence-corrected chi connectivity index (χ0v) is 8.03. The number of pyridine rings is 1. The monoisotopic (exact) mass is 263 g/mol. The summed E-state index contributed by atoms with van der Waals surface area (Å²) in [5.74, 6) is 0.375. The number of carbonyl (C=O) groups excluding carboxylic acids is 1. The maximum Gasteiger partial charge on any atom is 0.223 e. The smallest absolute Gasteiger partial charge is 0.223 e. The highest BCUT2D eigenvalue weighted by Gasteiger charge is 2.02. The lowest BCUT2D eigenvalue weighted by Crippen LogP contribution is -1.93. The fraction of sp³-hybridized carbons (Fsp3) is 0.143. The van der Waals surface area contributed by atoms with Crippen LogP contribution in [0.15, 0.2) is 12.3 Å². The second kappa shape index (κ2) is 3.66. The highest BCUT2D eigenvalue weighted by Crippen LogP contribution is 2.14. The maximum absolute atomic E-state index is 10.4. The van der Waals surface area contributed by atoms with Crippen LogP contribution in [0.3, 0.4) is 0 Å². The molecule has 0 aliphatic heterocycles. The second-order valence-corrected chi connectivity index (χ2v) is 3.12. The summed E-state index contributed by atoms with van der Waals surface area (Å²) >= 11 is 2.08. The molecular weight excluding hydrogens is 257 g/mol. The van der Waals surface area contributed by atoms with Crippen LogP contribution in [-0.4, -0.2) is 18.4 Å². The van der Waals surface area contributed by atoms with E-state index >= 15 is 0 Å². The number of hydrogen-bond acceptors (Lipinski definition) is 3. The third-order valence-corrected chi connectivity index (χ3v) is 1.76. The second-order valence-electron chi connectivity index (χ2n) is 1.87. The summed E-state index contributed by atoms with van der Waals surface area (Å²) in [7, 11) is 1.49. The lowest BCUT2D eigenvalue weighted by molar-refractivity contribution is 0.112. The van der Waals surface area contributed by atoms with Crippen LogP contribution in [0.4, 0.5) is 0 Å². The van der Waals surface area contributed by atoms with Gasteiger partial charge in [0, 0.05) is 9.77 Å². The van der Waals surface area contributed by atoms with Gasteiger partial charge in [0.25, 0.3) is 0 Å². The van der Waals surface area contributed by atoms with E-state index in [2.05, 4.69) is 27.6 Å². The molecule has 1 rings (SSSR count). The van der Waals surface area contributed by atoms with Crippen molar-refractivity contribution in [3.63, 3.8) is 0 Å². The Morgan fingerprint density at radius 1 is 1.73 bits per heavy atom. The summed E-state index contributed by atoms with van der Waals surface area (Å²) in [5, 5.41) is 0. The van der Waals surface area contributed by atoms with E-state index in [0.717, 1.165) is 9.86 Å². The lowest BCUT2D eigenvalue weighted by Gasteiger charge is -2.00. The molecule has 0 saturated carbocycles. The molecular formula is C7H6INO2. The van der Waals surface area contributed by atoms with Gasteiger partial charge < -0.3 is 4.74 Å². The average molecular weight is 263 g/mol. The van der Waals surface area contributed by atoms with Gasteiger partial charge in [0.05, 0.1) is 12.7 Å². The van der Waals surface area contributed by atoms with E-state index in [0.29, 0.717) is 11.4 Å². The van der Waals surface area contributed by atoms with Gasteiger partial charge in [-0.05, 0) is 28.7 Å². The first kappa shape index (κ1) is 8.45. The van der Waals surface area contributed by atoms with Gasteiger partial charge in [-0.15, -0.1) is 0 Å². The van der Waals surface area contributed by atoms with E-state index in [4.69, 9.17) is 4.74 Å². The molecule has 0 saturated heterocycles. The molecule has 11 heavy (non-hydrogen) atoms. The van der Waals surface area contributed by atoms with Gasteiger partial charge in [-0.3, -0.25) is 4.79 Å². The third-order valence-electron chi connectivity index (χ3n) is 1.17. The Hall–Kier alpha value is -0.650. The minimum Gasteiger partial charge on any atom is -0.480 e. The molecule has 1 aromatic heterocycles. The summed E-state index contributed by atoms with van der Waals surface area (Å²) in [4.78, 5) is 14.3. The predicted molar refractivity (Wildman–Crippen MR) is 48.9 cm³/mol. The fourth-order valence-electron chi connectivity index (χ4n) is 0.697. The summed E-state index contributed by atoms with van der Waals surface area (Å²) in [5.41, 5.74) is 0.486. The molecule has 0 fully saturated rings. The van der Waals surface area contributed by atoms with Gasteiger partial charge >= 0.3 is 0 Å². The minimum atomic E-state index is 0.375. The van der Waals surface area contributed by atoms with Crippen molar-refractivity contribution in [1.82, 2.24) is 4.98 Å². The first-order chi connectivity index (χ1) is 5.27. The Kier molecular flexibility index (Phi) is 2.81. The zero-order valence-electron chi connectivity index (χ0n) is 5.87. The van der Waals surface area contributed by atoms with Crippen molar-refractivity contribution in [2.24, 2.45) is 0 Å². The first-order valence-electron chi connectivity index (χ1n) is 2.92. The molecule has 1 heterocycles. The Balaban J connectivity index is 3.16. The SMILES string of the molecule is COc1ncc(I)cc1C=O. The minimum absolute atomic E-state index is 0.375. The molecule has 0 aliphatic carbocycles. The highest BCUT2D eigenvalue weighted by atomic mass is 127. The lowest BCUT2D eigenvalue weighted by atomic mass is 10.3. The van der Waals surface area contributed by atoms with Crippen LogP contribution in [-0.2, 0) is 0 Å². The van der Waals surface area contributed by atoms with Gasteiger partial charge in [-0.1, -0.05) is 0 Å². The number of methoxy groups -OCH3 is 1. The molecule has 0 bridgehead atoms. The van der Waals surface area contributed by atoms with Crippen molar-refractivity contribution in [2.45, 2.75) is 0 Å². The molecule has 4 heteroatoms. The van der Waals surface area contributed by atoms with E-state index < -0.39 is 0 Å². The van der Waals surface area contributed by atoms with Crippen molar-refractivity contribution in [3.05, 3.63) is 21.4 Å². The molecule has 0 radical (unpaired) electrons. The number of aromatic nitrogens is 1. The van der Waals surface area contributed by atoms with E-state index in [1.54, 1.807) is 12.3 Å². The molecule has 3 nitrogen and oxygen atoms in total. The van der Waals surface area contributed by atoms with Gasteiger partial charge in [0.2, 0.25) is 5.88 Å². The van der Waals surface area contributed by atoms with E-state index in [1.807, 2.05) is 0 Å². The summed E-state index contributed by atoms with van der Waals surface area (Å²) < 4.78 is 5.77.